The Kier molecular flexibility index (Phi) is 7.35. The fourth-order valence-electron chi connectivity index (χ4n) is 2.17. The van der Waals surface area contributed by atoms with E-state index >= 15 is 0 Å². The molecule has 1 amide bonds. The number of ether oxygens (including phenoxy) is 2. The van der Waals surface area contributed by atoms with Gasteiger partial charge >= 0.3 is 0 Å². The summed E-state index contributed by atoms with van der Waals surface area (Å²) in [6.45, 7) is 2.06. The lowest BCUT2D eigenvalue weighted by molar-refractivity contribution is -0.118. The van der Waals surface area contributed by atoms with E-state index in [4.69, 9.17) is 9.47 Å². The molecule has 0 aromatic heterocycles. The largest absolute Gasteiger partial charge is 0.493 e. The van der Waals surface area contributed by atoms with E-state index in [0.717, 1.165) is 11.3 Å². The summed E-state index contributed by atoms with van der Waals surface area (Å²) in [5.74, 6) is 2.19. The maximum atomic E-state index is 11.9. The normalized spacial score (nSPS) is 10.7. The van der Waals surface area contributed by atoms with Crippen molar-refractivity contribution in [3.63, 3.8) is 0 Å². The topological polar surface area (TPSA) is 59.9 Å². The molecule has 0 aliphatic carbocycles. The van der Waals surface area contributed by atoms with E-state index in [1.807, 2.05) is 12.1 Å². The van der Waals surface area contributed by atoms with Gasteiger partial charge in [-0.15, -0.1) is 11.8 Å². The number of thioether (sulfide) groups is 1. The molecule has 0 bridgehead atoms. The molecule has 25 heavy (non-hydrogen) atoms. The van der Waals surface area contributed by atoms with Crippen molar-refractivity contribution in [3.8, 4) is 11.5 Å². The lowest BCUT2D eigenvalue weighted by atomic mass is 10.2. The van der Waals surface area contributed by atoms with E-state index in [-0.39, 0.29) is 5.91 Å². The molecule has 0 saturated carbocycles. The number of methoxy groups -OCH3 is 2. The second-order valence-electron chi connectivity index (χ2n) is 5.35. The van der Waals surface area contributed by atoms with Gasteiger partial charge in [0, 0.05) is 11.3 Å². The zero-order chi connectivity index (χ0) is 18.1. The highest BCUT2D eigenvalue weighted by Gasteiger charge is 2.07. The Morgan fingerprint density at radius 1 is 1.16 bits per heavy atom. The maximum absolute atomic E-state index is 11.9. The van der Waals surface area contributed by atoms with Crippen LogP contribution in [0.1, 0.15) is 16.7 Å². The van der Waals surface area contributed by atoms with Crippen molar-refractivity contribution < 1.29 is 14.3 Å². The van der Waals surface area contributed by atoms with Crippen LogP contribution in [0.15, 0.2) is 47.6 Å². The van der Waals surface area contributed by atoms with Crippen molar-refractivity contribution in [2.75, 3.05) is 20.0 Å². The predicted molar refractivity (Wildman–Crippen MR) is 103 cm³/mol. The van der Waals surface area contributed by atoms with E-state index in [0.29, 0.717) is 17.3 Å². The van der Waals surface area contributed by atoms with Gasteiger partial charge in [-0.25, -0.2) is 5.43 Å². The van der Waals surface area contributed by atoms with E-state index in [1.165, 1.54) is 11.1 Å². The third-order valence-corrected chi connectivity index (χ3v) is 4.45. The summed E-state index contributed by atoms with van der Waals surface area (Å²) in [6.07, 6.45) is 1.55. The van der Waals surface area contributed by atoms with Crippen LogP contribution in [0, 0.1) is 6.92 Å². The van der Waals surface area contributed by atoms with Gasteiger partial charge in [0.1, 0.15) is 0 Å². The summed E-state index contributed by atoms with van der Waals surface area (Å²) in [5, 5.41) is 3.99. The van der Waals surface area contributed by atoms with E-state index in [2.05, 4.69) is 41.7 Å². The molecule has 2 aromatic rings. The fraction of sp³-hybridized carbons (Fsp3) is 0.263. The van der Waals surface area contributed by atoms with Gasteiger partial charge < -0.3 is 9.47 Å². The first-order chi connectivity index (χ1) is 12.1. The van der Waals surface area contributed by atoms with E-state index in [1.54, 1.807) is 38.3 Å². The van der Waals surface area contributed by atoms with Crippen LogP contribution >= 0.6 is 11.8 Å². The molecule has 0 atom stereocenters. The zero-order valence-electron chi connectivity index (χ0n) is 14.6. The number of carbonyl (C=O) groups excluding carboxylic acids is 1. The second-order valence-corrected chi connectivity index (χ2v) is 6.34. The molecule has 6 heteroatoms. The van der Waals surface area contributed by atoms with Crippen LogP contribution in [0.4, 0.5) is 0 Å². The molecule has 0 unspecified atom stereocenters. The number of benzene rings is 2. The SMILES string of the molecule is COc1cccc(/C=N\NC(=O)CSCc2ccc(C)cc2)c1OC. The molecular weight excluding hydrogens is 336 g/mol. The molecule has 0 spiro atoms. The Bertz CT molecular complexity index is 730. The molecule has 0 heterocycles. The van der Waals surface area contributed by atoms with Crippen molar-refractivity contribution in [3.05, 3.63) is 59.2 Å². The number of rotatable bonds is 8. The van der Waals surface area contributed by atoms with Crippen molar-refractivity contribution in [2.45, 2.75) is 12.7 Å². The van der Waals surface area contributed by atoms with Crippen LogP contribution in [0.5, 0.6) is 11.5 Å². The lowest BCUT2D eigenvalue weighted by Crippen LogP contribution is -2.19. The third-order valence-electron chi connectivity index (χ3n) is 3.45. The van der Waals surface area contributed by atoms with Crippen LogP contribution in [0.2, 0.25) is 0 Å². The Hall–Kier alpha value is -2.47. The van der Waals surface area contributed by atoms with E-state index in [9.17, 15) is 4.79 Å². The fourth-order valence-corrected chi connectivity index (χ4v) is 2.95. The van der Waals surface area contributed by atoms with Crippen molar-refractivity contribution in [2.24, 2.45) is 5.10 Å². The average molecular weight is 358 g/mol. The summed E-state index contributed by atoms with van der Waals surface area (Å²) in [5.41, 5.74) is 5.69. The van der Waals surface area contributed by atoms with Gasteiger partial charge in [0.25, 0.3) is 0 Å². The zero-order valence-corrected chi connectivity index (χ0v) is 15.4. The van der Waals surface area contributed by atoms with Crippen LogP contribution in [-0.4, -0.2) is 32.1 Å². The Labute approximate surface area is 152 Å². The van der Waals surface area contributed by atoms with Gasteiger partial charge in [-0.05, 0) is 24.6 Å². The van der Waals surface area contributed by atoms with E-state index < -0.39 is 0 Å². The highest BCUT2D eigenvalue weighted by atomic mass is 32.2. The molecule has 0 aliphatic heterocycles. The van der Waals surface area contributed by atoms with Crippen molar-refractivity contribution in [1.29, 1.82) is 0 Å². The maximum Gasteiger partial charge on any atom is 0.250 e. The highest BCUT2D eigenvalue weighted by molar-refractivity contribution is 7.99. The second kappa shape index (κ2) is 9.74. The van der Waals surface area contributed by atoms with Crippen LogP contribution in [0.3, 0.4) is 0 Å². The Morgan fingerprint density at radius 2 is 1.92 bits per heavy atom. The predicted octanol–water partition coefficient (Wildman–Crippen LogP) is 3.40. The van der Waals surface area contributed by atoms with Crippen molar-refractivity contribution in [1.82, 2.24) is 5.43 Å². The van der Waals surface area contributed by atoms with Crippen LogP contribution in [-0.2, 0) is 10.5 Å². The summed E-state index contributed by atoms with van der Waals surface area (Å²) >= 11 is 1.55. The summed E-state index contributed by atoms with van der Waals surface area (Å²) in [4.78, 5) is 11.9. The Balaban J connectivity index is 1.81. The first-order valence-corrected chi connectivity index (χ1v) is 8.95. The number of hydrogen-bond acceptors (Lipinski definition) is 5. The smallest absolute Gasteiger partial charge is 0.250 e. The number of para-hydroxylation sites is 1. The molecular formula is C19H22N2O3S. The minimum atomic E-state index is -0.143. The molecule has 0 fully saturated rings. The van der Waals surface area contributed by atoms with Crippen molar-refractivity contribution >= 4 is 23.9 Å². The van der Waals surface area contributed by atoms with Gasteiger partial charge in [0.2, 0.25) is 5.91 Å². The number of aryl methyl sites for hydroxylation is 1. The molecule has 0 radical (unpaired) electrons. The van der Waals surface area contributed by atoms with Gasteiger partial charge in [0.15, 0.2) is 11.5 Å². The number of carbonyl (C=O) groups is 1. The highest BCUT2D eigenvalue weighted by Crippen LogP contribution is 2.29. The van der Waals surface area contributed by atoms with Crippen LogP contribution < -0.4 is 14.9 Å². The van der Waals surface area contributed by atoms with Gasteiger partial charge in [0.05, 0.1) is 26.2 Å². The number of hydrogen-bond donors (Lipinski definition) is 1. The first kappa shape index (κ1) is 18.9. The molecule has 5 nitrogen and oxygen atoms in total. The lowest BCUT2D eigenvalue weighted by Gasteiger charge is -2.09. The Morgan fingerprint density at radius 3 is 2.60 bits per heavy atom. The minimum absolute atomic E-state index is 0.143. The molecule has 2 aromatic carbocycles. The summed E-state index contributed by atoms with van der Waals surface area (Å²) in [6, 6.07) is 13.8. The molecule has 1 N–H and O–H groups in total. The molecule has 132 valence electrons. The summed E-state index contributed by atoms with van der Waals surface area (Å²) < 4.78 is 10.5. The summed E-state index contributed by atoms with van der Waals surface area (Å²) in [7, 11) is 3.14. The number of nitrogens with zero attached hydrogens (tertiary/aromatic N) is 1. The number of hydrazone groups is 1. The minimum Gasteiger partial charge on any atom is -0.493 e. The molecule has 0 saturated heterocycles. The number of amides is 1. The third kappa shape index (κ3) is 5.83. The average Bonchev–Trinajstić information content (AvgIpc) is 2.63. The van der Waals surface area contributed by atoms with Gasteiger partial charge in [-0.3, -0.25) is 4.79 Å². The van der Waals surface area contributed by atoms with Crippen LogP contribution in [0.25, 0.3) is 0 Å². The number of nitrogens with one attached hydrogen (secondary N) is 1. The first-order valence-electron chi connectivity index (χ1n) is 7.80. The molecule has 0 aliphatic rings. The monoisotopic (exact) mass is 358 g/mol. The standard InChI is InChI=1S/C19H22N2O3S/c1-14-7-9-15(10-8-14)12-25-13-18(22)21-20-11-16-5-4-6-17(23-2)19(16)24-3/h4-11H,12-13H2,1-3H3,(H,21,22)/b20-11-. The van der Waals surface area contributed by atoms with Gasteiger partial charge in [-0.2, -0.15) is 5.10 Å². The molecule has 2 rings (SSSR count). The van der Waals surface area contributed by atoms with Gasteiger partial charge in [-0.1, -0.05) is 35.9 Å². The quantitative estimate of drug-likeness (QED) is 0.580.